The van der Waals surface area contributed by atoms with Crippen LogP contribution in [0.3, 0.4) is 0 Å². The molecular formula is C12H21N3O2. The summed E-state index contributed by atoms with van der Waals surface area (Å²) >= 11 is 0. The second kappa shape index (κ2) is 7.60. The zero-order valence-electron chi connectivity index (χ0n) is 11.1. The maximum Gasteiger partial charge on any atom is 0.154 e. The van der Waals surface area contributed by atoms with Crippen molar-refractivity contribution in [3.63, 3.8) is 0 Å². The molecular weight excluding hydrogens is 218 g/mol. The van der Waals surface area contributed by atoms with E-state index in [-0.39, 0.29) is 11.8 Å². The van der Waals surface area contributed by atoms with Crippen LogP contribution in [-0.4, -0.2) is 35.0 Å². The third-order valence-electron chi connectivity index (χ3n) is 2.18. The Morgan fingerprint density at radius 3 is 2.35 bits per heavy atom. The zero-order chi connectivity index (χ0) is 13.4. The topological polar surface area (TPSA) is 74.0 Å². The van der Waals surface area contributed by atoms with E-state index in [0.717, 1.165) is 5.70 Å². The van der Waals surface area contributed by atoms with Crippen LogP contribution in [0, 0.1) is 0 Å². The molecule has 0 amide bonds. The number of aliphatic imine (C=N–C) groups is 1. The number of oxime groups is 1. The highest BCUT2D eigenvalue weighted by molar-refractivity contribution is 6.40. The maximum atomic E-state index is 10.8. The Labute approximate surface area is 102 Å². The van der Waals surface area contributed by atoms with E-state index in [9.17, 15) is 4.79 Å². The van der Waals surface area contributed by atoms with Crippen LogP contribution >= 0.6 is 0 Å². The number of nitrogens with one attached hydrogen (secondary N) is 1. The number of hydrogen-bond donors (Lipinski definition) is 2. The summed E-state index contributed by atoms with van der Waals surface area (Å²) in [6, 6.07) is 0.0435. The quantitative estimate of drug-likeness (QED) is 0.321. The molecule has 0 rings (SSSR count). The van der Waals surface area contributed by atoms with Crippen molar-refractivity contribution in [2.75, 3.05) is 6.54 Å². The van der Waals surface area contributed by atoms with E-state index in [1.165, 1.54) is 6.92 Å². The van der Waals surface area contributed by atoms with Gasteiger partial charge in [-0.25, -0.2) is 0 Å². The minimum atomic E-state index is 0.0191. The van der Waals surface area contributed by atoms with Gasteiger partial charge in [0.15, 0.2) is 5.78 Å². The summed E-state index contributed by atoms with van der Waals surface area (Å²) in [5.74, 6) is 0.0191. The summed E-state index contributed by atoms with van der Waals surface area (Å²) < 4.78 is 0. The molecule has 17 heavy (non-hydrogen) atoms. The Morgan fingerprint density at radius 2 is 1.88 bits per heavy atom. The van der Waals surface area contributed by atoms with Crippen LogP contribution in [0.4, 0.5) is 0 Å². The van der Waals surface area contributed by atoms with E-state index in [1.54, 1.807) is 19.9 Å². The maximum absolute atomic E-state index is 10.8. The number of ketones is 1. The van der Waals surface area contributed by atoms with E-state index in [2.05, 4.69) is 15.5 Å². The molecule has 0 aliphatic carbocycles. The molecule has 0 bridgehead atoms. The van der Waals surface area contributed by atoms with Crippen molar-refractivity contribution >= 4 is 17.2 Å². The fraction of sp³-hybridized carbons (Fsp3) is 0.583. The average Bonchev–Trinajstić information content (AvgIpc) is 2.24. The van der Waals surface area contributed by atoms with E-state index < -0.39 is 0 Å². The van der Waals surface area contributed by atoms with Crippen LogP contribution in [0.15, 0.2) is 21.9 Å². The van der Waals surface area contributed by atoms with Crippen LogP contribution in [-0.2, 0) is 4.79 Å². The lowest BCUT2D eigenvalue weighted by atomic mass is 10.2. The van der Waals surface area contributed by atoms with Gasteiger partial charge < -0.3 is 10.5 Å². The Bertz CT molecular complexity index is 357. The van der Waals surface area contributed by atoms with E-state index >= 15 is 0 Å². The Kier molecular flexibility index (Phi) is 6.86. The second-order valence-electron chi connectivity index (χ2n) is 4.07. The first-order valence-electron chi connectivity index (χ1n) is 5.53. The first-order chi connectivity index (χ1) is 7.86. The monoisotopic (exact) mass is 239 g/mol. The van der Waals surface area contributed by atoms with Gasteiger partial charge in [0.25, 0.3) is 0 Å². The molecule has 1 unspecified atom stereocenters. The highest BCUT2D eigenvalue weighted by Crippen LogP contribution is 1.94. The molecule has 0 aliphatic heterocycles. The van der Waals surface area contributed by atoms with Gasteiger partial charge in [-0.1, -0.05) is 5.16 Å². The molecule has 0 radical (unpaired) electrons. The summed E-state index contributed by atoms with van der Waals surface area (Å²) in [4.78, 5) is 15.2. The van der Waals surface area contributed by atoms with E-state index in [4.69, 9.17) is 5.21 Å². The summed E-state index contributed by atoms with van der Waals surface area (Å²) in [6.45, 7) is 9.42. The van der Waals surface area contributed by atoms with Gasteiger partial charge in [-0.3, -0.25) is 9.79 Å². The van der Waals surface area contributed by atoms with E-state index in [0.29, 0.717) is 18.0 Å². The van der Waals surface area contributed by atoms with Crippen molar-refractivity contribution in [1.82, 2.24) is 5.32 Å². The van der Waals surface area contributed by atoms with Gasteiger partial charge in [-0.15, -0.1) is 0 Å². The Hall–Kier alpha value is -1.65. The molecule has 0 aliphatic rings. The van der Waals surface area contributed by atoms with Crippen LogP contribution < -0.4 is 5.32 Å². The van der Waals surface area contributed by atoms with Crippen molar-refractivity contribution in [2.45, 2.75) is 40.7 Å². The number of rotatable bonds is 6. The van der Waals surface area contributed by atoms with Gasteiger partial charge in [-0.2, -0.15) is 0 Å². The lowest BCUT2D eigenvalue weighted by Gasteiger charge is -2.11. The van der Waals surface area contributed by atoms with Gasteiger partial charge in [0.2, 0.25) is 0 Å². The minimum absolute atomic E-state index is 0.0191. The Morgan fingerprint density at radius 1 is 1.29 bits per heavy atom. The largest absolute Gasteiger partial charge is 0.411 e. The van der Waals surface area contributed by atoms with Crippen LogP contribution in [0.2, 0.25) is 0 Å². The fourth-order valence-corrected chi connectivity index (χ4v) is 1.21. The van der Waals surface area contributed by atoms with Crippen molar-refractivity contribution in [3.8, 4) is 0 Å². The Balaban J connectivity index is 4.29. The number of carbonyl (C=O) groups excluding carboxylic acids is 1. The zero-order valence-corrected chi connectivity index (χ0v) is 11.1. The molecule has 0 aromatic carbocycles. The second-order valence-corrected chi connectivity index (χ2v) is 4.07. The first kappa shape index (κ1) is 15.3. The molecule has 2 N–H and O–H groups in total. The molecule has 5 nitrogen and oxygen atoms in total. The smallest absolute Gasteiger partial charge is 0.154 e. The summed E-state index contributed by atoms with van der Waals surface area (Å²) in [7, 11) is 0. The van der Waals surface area contributed by atoms with Gasteiger partial charge >= 0.3 is 0 Å². The minimum Gasteiger partial charge on any atom is -0.411 e. The van der Waals surface area contributed by atoms with Crippen LogP contribution in [0.1, 0.15) is 34.6 Å². The van der Waals surface area contributed by atoms with Crippen molar-refractivity contribution < 1.29 is 10.0 Å². The molecule has 0 saturated carbocycles. The molecule has 1 atom stereocenters. The number of allylic oxidation sites excluding steroid dienone is 2. The van der Waals surface area contributed by atoms with Gasteiger partial charge in [0.1, 0.15) is 0 Å². The molecule has 0 spiro atoms. The normalized spacial score (nSPS) is 15.7. The first-order valence-corrected chi connectivity index (χ1v) is 5.53. The van der Waals surface area contributed by atoms with Gasteiger partial charge in [0.05, 0.1) is 17.5 Å². The molecule has 5 heteroatoms. The molecule has 0 aromatic heterocycles. The predicted octanol–water partition coefficient (Wildman–Crippen LogP) is 1.77. The van der Waals surface area contributed by atoms with Crippen molar-refractivity contribution in [2.24, 2.45) is 10.1 Å². The van der Waals surface area contributed by atoms with Gasteiger partial charge in [0, 0.05) is 12.2 Å². The van der Waals surface area contributed by atoms with Gasteiger partial charge in [-0.05, 0) is 40.7 Å². The molecule has 96 valence electrons. The molecule has 0 saturated heterocycles. The number of nitrogens with zero attached hydrogens (tertiary/aromatic N) is 2. The highest BCUT2D eigenvalue weighted by atomic mass is 16.4. The number of carbonyl (C=O) groups is 1. The fourth-order valence-electron chi connectivity index (χ4n) is 1.21. The molecule has 0 aromatic rings. The third kappa shape index (κ3) is 7.27. The summed E-state index contributed by atoms with van der Waals surface area (Å²) in [5, 5.41) is 14.8. The molecule has 0 fully saturated rings. The van der Waals surface area contributed by atoms with Crippen LogP contribution in [0.25, 0.3) is 0 Å². The summed E-state index contributed by atoms with van der Waals surface area (Å²) in [5.41, 5.74) is 2.03. The highest BCUT2D eigenvalue weighted by Gasteiger charge is 2.02. The third-order valence-corrected chi connectivity index (χ3v) is 2.18. The average molecular weight is 239 g/mol. The van der Waals surface area contributed by atoms with Crippen molar-refractivity contribution in [3.05, 3.63) is 11.8 Å². The standard InChI is InChI=1S/C12H21N3O2/c1-8(6-10(3)16)13-7-9(2)14-11(4)12(5)15-17/h6,9,13,17H,7H2,1-5H3/b8-6+,14-11?,15-12+. The van der Waals surface area contributed by atoms with Crippen molar-refractivity contribution in [1.29, 1.82) is 0 Å². The van der Waals surface area contributed by atoms with Crippen LogP contribution in [0.5, 0.6) is 0 Å². The molecule has 0 heterocycles. The lowest BCUT2D eigenvalue weighted by molar-refractivity contribution is -0.112. The summed E-state index contributed by atoms with van der Waals surface area (Å²) in [6.07, 6.45) is 1.55. The van der Waals surface area contributed by atoms with E-state index in [1.807, 2.05) is 13.8 Å². The number of hydrogen-bond acceptors (Lipinski definition) is 5. The lowest BCUT2D eigenvalue weighted by Crippen LogP contribution is -2.24. The SMILES string of the molecule is CC(=O)/C=C(\C)NCC(C)N=C(C)/C(C)=N/O. The predicted molar refractivity (Wildman–Crippen MR) is 69.9 cm³/mol.